The number of H-pyrrole nitrogens is 1. The van der Waals surface area contributed by atoms with Crippen LogP contribution in [0.15, 0.2) is 43.0 Å². The molecule has 0 radical (unpaired) electrons. The van der Waals surface area contributed by atoms with Crippen LogP contribution in [0, 0.1) is 0 Å². The van der Waals surface area contributed by atoms with Crippen LogP contribution in [0.4, 0.5) is 32.3 Å². The standard InChI is InChI=1S/C19H14F6N6/c20-18(21,22)10-1-2-11-12(7-28-14(11)3-10)13-6-27-4-9-5-29-17(31-16(9)13)30-8-15(26)19(23,24)25/h1-7,15,28H,8,26H2,(H,29,30,31). The van der Waals surface area contributed by atoms with Crippen molar-refractivity contribution in [1.82, 2.24) is 19.9 Å². The summed E-state index contributed by atoms with van der Waals surface area (Å²) in [6, 6.07) is 1.21. The maximum atomic E-state index is 13.0. The molecule has 4 N–H and O–H groups in total. The lowest BCUT2D eigenvalue weighted by Crippen LogP contribution is -2.43. The summed E-state index contributed by atoms with van der Waals surface area (Å²) >= 11 is 0. The van der Waals surface area contributed by atoms with Crippen molar-refractivity contribution in [3.8, 4) is 11.1 Å². The third kappa shape index (κ3) is 4.10. The van der Waals surface area contributed by atoms with Crippen LogP contribution in [0.2, 0.25) is 0 Å². The SMILES string of the molecule is NC(CNc1ncc2cncc(-c3c[nH]c4cc(C(F)(F)F)ccc34)c2n1)C(F)(F)F. The van der Waals surface area contributed by atoms with Crippen LogP contribution in [0.5, 0.6) is 0 Å². The van der Waals surface area contributed by atoms with E-state index in [0.29, 0.717) is 27.4 Å². The number of nitrogens with two attached hydrogens (primary N) is 1. The van der Waals surface area contributed by atoms with E-state index in [1.807, 2.05) is 0 Å². The predicted molar refractivity (Wildman–Crippen MR) is 102 cm³/mol. The van der Waals surface area contributed by atoms with Gasteiger partial charge in [-0.15, -0.1) is 0 Å². The van der Waals surface area contributed by atoms with E-state index in [4.69, 9.17) is 5.73 Å². The average Bonchev–Trinajstić information content (AvgIpc) is 3.13. The summed E-state index contributed by atoms with van der Waals surface area (Å²) in [5.74, 6) is -0.0705. The van der Waals surface area contributed by atoms with Gasteiger partial charge in [-0.05, 0) is 12.1 Å². The Morgan fingerprint density at radius 2 is 1.81 bits per heavy atom. The number of alkyl halides is 6. The first-order valence-electron chi connectivity index (χ1n) is 8.89. The molecule has 1 atom stereocenters. The number of fused-ring (bicyclic) bond motifs is 2. The van der Waals surface area contributed by atoms with Crippen molar-refractivity contribution in [1.29, 1.82) is 0 Å². The number of hydrogen-bond donors (Lipinski definition) is 3. The summed E-state index contributed by atoms with van der Waals surface area (Å²) in [4.78, 5) is 15.1. The Labute approximate surface area is 170 Å². The minimum Gasteiger partial charge on any atom is -0.361 e. The van der Waals surface area contributed by atoms with Gasteiger partial charge in [-0.1, -0.05) is 6.07 Å². The molecule has 162 valence electrons. The molecule has 3 aromatic heterocycles. The summed E-state index contributed by atoms with van der Waals surface area (Å²) in [5, 5.41) is 3.47. The van der Waals surface area contributed by atoms with E-state index in [1.54, 1.807) is 0 Å². The lowest BCUT2D eigenvalue weighted by Gasteiger charge is -2.16. The molecule has 1 aromatic carbocycles. The molecule has 4 rings (SSSR count). The van der Waals surface area contributed by atoms with E-state index < -0.39 is 30.5 Å². The lowest BCUT2D eigenvalue weighted by atomic mass is 10.0. The van der Waals surface area contributed by atoms with E-state index in [1.165, 1.54) is 30.9 Å². The molecule has 0 aliphatic rings. The van der Waals surface area contributed by atoms with E-state index in [-0.39, 0.29) is 11.5 Å². The third-order valence-electron chi connectivity index (χ3n) is 4.69. The fourth-order valence-corrected chi connectivity index (χ4v) is 3.08. The van der Waals surface area contributed by atoms with Crippen molar-refractivity contribution in [2.45, 2.75) is 18.4 Å². The Kier molecular flexibility index (Phi) is 4.96. The van der Waals surface area contributed by atoms with Gasteiger partial charge in [0.15, 0.2) is 0 Å². The van der Waals surface area contributed by atoms with Crippen LogP contribution >= 0.6 is 0 Å². The summed E-state index contributed by atoms with van der Waals surface area (Å²) in [6.07, 6.45) is -3.20. The van der Waals surface area contributed by atoms with Crippen LogP contribution in [-0.2, 0) is 6.18 Å². The first-order chi connectivity index (χ1) is 14.5. The van der Waals surface area contributed by atoms with E-state index in [9.17, 15) is 26.3 Å². The van der Waals surface area contributed by atoms with Gasteiger partial charge in [-0.2, -0.15) is 26.3 Å². The molecule has 0 amide bonds. The van der Waals surface area contributed by atoms with E-state index in [0.717, 1.165) is 12.1 Å². The second-order valence-corrected chi connectivity index (χ2v) is 6.81. The van der Waals surface area contributed by atoms with Gasteiger partial charge in [-0.3, -0.25) is 4.98 Å². The molecule has 0 saturated carbocycles. The van der Waals surface area contributed by atoms with Crippen molar-refractivity contribution < 1.29 is 26.3 Å². The van der Waals surface area contributed by atoms with Crippen molar-refractivity contribution in [3.63, 3.8) is 0 Å². The number of rotatable bonds is 4. The minimum absolute atomic E-state index is 0.0705. The van der Waals surface area contributed by atoms with E-state index in [2.05, 4.69) is 25.3 Å². The maximum absolute atomic E-state index is 13.0. The highest BCUT2D eigenvalue weighted by Crippen LogP contribution is 2.36. The number of anilines is 1. The zero-order valence-electron chi connectivity index (χ0n) is 15.5. The second-order valence-electron chi connectivity index (χ2n) is 6.81. The average molecular weight is 440 g/mol. The molecule has 31 heavy (non-hydrogen) atoms. The van der Waals surface area contributed by atoms with Gasteiger partial charge in [0.05, 0.1) is 11.1 Å². The Morgan fingerprint density at radius 1 is 1.03 bits per heavy atom. The van der Waals surface area contributed by atoms with Crippen LogP contribution in [-0.4, -0.2) is 38.7 Å². The fourth-order valence-electron chi connectivity index (χ4n) is 3.08. The Morgan fingerprint density at radius 3 is 2.52 bits per heavy atom. The highest BCUT2D eigenvalue weighted by molar-refractivity contribution is 6.03. The Bertz CT molecular complexity index is 1250. The molecule has 0 bridgehead atoms. The highest BCUT2D eigenvalue weighted by atomic mass is 19.4. The number of nitrogens with one attached hydrogen (secondary N) is 2. The zero-order chi connectivity index (χ0) is 22.4. The molecule has 0 aliphatic carbocycles. The van der Waals surface area contributed by atoms with E-state index >= 15 is 0 Å². The van der Waals surface area contributed by atoms with Crippen molar-refractivity contribution in [2.75, 3.05) is 11.9 Å². The topological polar surface area (TPSA) is 92.5 Å². The van der Waals surface area contributed by atoms with Crippen molar-refractivity contribution >= 4 is 27.8 Å². The first-order valence-corrected chi connectivity index (χ1v) is 8.89. The van der Waals surface area contributed by atoms with Crippen LogP contribution in [0.3, 0.4) is 0 Å². The van der Waals surface area contributed by atoms with Crippen molar-refractivity contribution in [3.05, 3.63) is 48.5 Å². The minimum atomic E-state index is -4.57. The summed E-state index contributed by atoms with van der Waals surface area (Å²) in [6.45, 7) is -0.622. The number of benzene rings is 1. The van der Waals surface area contributed by atoms with Crippen LogP contribution < -0.4 is 11.1 Å². The molecule has 6 nitrogen and oxygen atoms in total. The third-order valence-corrected chi connectivity index (χ3v) is 4.69. The molecule has 0 aliphatic heterocycles. The van der Waals surface area contributed by atoms with Gasteiger partial charge in [0.25, 0.3) is 0 Å². The monoisotopic (exact) mass is 440 g/mol. The summed E-state index contributed by atoms with van der Waals surface area (Å²) in [7, 11) is 0. The molecule has 0 saturated heterocycles. The Hall–Kier alpha value is -3.41. The van der Waals surface area contributed by atoms with Gasteiger partial charge < -0.3 is 16.0 Å². The molecule has 0 fully saturated rings. The normalized spacial score (nSPS) is 13.6. The molecule has 4 aromatic rings. The van der Waals surface area contributed by atoms with Gasteiger partial charge in [0.1, 0.15) is 6.04 Å². The van der Waals surface area contributed by atoms with Gasteiger partial charge in [0.2, 0.25) is 5.95 Å². The molecule has 0 spiro atoms. The molecule has 12 heteroatoms. The molecule has 3 heterocycles. The quantitative estimate of drug-likeness (QED) is 0.407. The largest absolute Gasteiger partial charge is 0.416 e. The number of aromatic amines is 1. The van der Waals surface area contributed by atoms with Gasteiger partial charge in [0, 0.05) is 58.7 Å². The number of hydrogen-bond acceptors (Lipinski definition) is 5. The van der Waals surface area contributed by atoms with Crippen LogP contribution in [0.25, 0.3) is 32.9 Å². The fraction of sp³-hybridized carbons (Fsp3) is 0.211. The molecular formula is C19H14F6N6. The van der Waals surface area contributed by atoms with Crippen LogP contribution in [0.1, 0.15) is 5.56 Å². The molecular weight excluding hydrogens is 426 g/mol. The smallest absolute Gasteiger partial charge is 0.361 e. The number of pyridine rings is 1. The van der Waals surface area contributed by atoms with Crippen molar-refractivity contribution in [2.24, 2.45) is 5.73 Å². The molecule has 1 unspecified atom stereocenters. The predicted octanol–water partition coefficient (Wildman–Crippen LogP) is 4.49. The first kappa shape index (κ1) is 20.8. The number of aromatic nitrogens is 4. The highest BCUT2D eigenvalue weighted by Gasteiger charge is 2.36. The lowest BCUT2D eigenvalue weighted by molar-refractivity contribution is -0.144. The number of nitrogens with zero attached hydrogens (tertiary/aromatic N) is 3. The second kappa shape index (κ2) is 7.38. The van der Waals surface area contributed by atoms with Gasteiger partial charge in [-0.25, -0.2) is 9.97 Å². The Balaban J connectivity index is 1.74. The summed E-state index contributed by atoms with van der Waals surface area (Å²) in [5.41, 5.74) is 5.95. The summed E-state index contributed by atoms with van der Waals surface area (Å²) < 4.78 is 76.8. The van der Waals surface area contributed by atoms with Gasteiger partial charge >= 0.3 is 12.4 Å². The zero-order valence-corrected chi connectivity index (χ0v) is 15.5. The number of halogens is 6. The maximum Gasteiger partial charge on any atom is 0.416 e.